The van der Waals surface area contributed by atoms with Gasteiger partial charge in [-0.25, -0.2) is 14.8 Å². The number of benzene rings is 1. The maximum atomic E-state index is 13.0. The average molecular weight is 580 g/mol. The predicted molar refractivity (Wildman–Crippen MR) is 158 cm³/mol. The number of hydrogen-bond donors (Lipinski definition) is 2. The molecule has 1 amide bonds. The van der Waals surface area contributed by atoms with Crippen LogP contribution in [-0.4, -0.2) is 60.6 Å². The molecule has 0 fully saturated rings. The molecule has 12 heteroatoms. The number of nitriles is 1. The molecule has 0 bridgehead atoms. The van der Waals surface area contributed by atoms with Crippen molar-refractivity contribution in [1.82, 2.24) is 15.0 Å². The summed E-state index contributed by atoms with van der Waals surface area (Å²) in [7, 11) is 3.12. The van der Waals surface area contributed by atoms with Crippen LogP contribution >= 0.6 is 11.6 Å². The van der Waals surface area contributed by atoms with Gasteiger partial charge in [0.25, 0.3) is 0 Å². The van der Waals surface area contributed by atoms with E-state index in [0.717, 1.165) is 5.56 Å². The lowest BCUT2D eigenvalue weighted by Crippen LogP contribution is -2.38. The highest BCUT2D eigenvalue weighted by Crippen LogP contribution is 2.45. The Hall–Kier alpha value is -4.14. The van der Waals surface area contributed by atoms with Crippen LogP contribution < -0.4 is 20.3 Å². The minimum atomic E-state index is -0.662. The topological polar surface area (TPSA) is 135 Å². The minimum absolute atomic E-state index is 0.285. The van der Waals surface area contributed by atoms with Crippen molar-refractivity contribution in [3.05, 3.63) is 46.6 Å². The first-order chi connectivity index (χ1) is 19.4. The van der Waals surface area contributed by atoms with Gasteiger partial charge in [-0.2, -0.15) is 10.2 Å². The Bertz CT molecular complexity index is 1500. The fourth-order valence-electron chi connectivity index (χ4n) is 4.52. The molecule has 1 aliphatic rings. The lowest BCUT2D eigenvalue weighted by atomic mass is 9.85. The van der Waals surface area contributed by atoms with Gasteiger partial charge in [-0.1, -0.05) is 25.4 Å². The van der Waals surface area contributed by atoms with Gasteiger partial charge in [0.05, 0.1) is 35.7 Å². The van der Waals surface area contributed by atoms with Gasteiger partial charge in [0.1, 0.15) is 23.2 Å². The van der Waals surface area contributed by atoms with E-state index in [9.17, 15) is 10.1 Å². The number of halogens is 1. The summed E-state index contributed by atoms with van der Waals surface area (Å²) in [6.45, 7) is 10.9. The molecule has 41 heavy (non-hydrogen) atoms. The molecule has 0 radical (unpaired) electrons. The number of hydrogen-bond acceptors (Lipinski definition) is 10. The molecule has 1 aliphatic heterocycles. The molecule has 3 heterocycles. The highest BCUT2D eigenvalue weighted by Gasteiger charge is 2.42. The third kappa shape index (κ3) is 6.61. The number of pyridine rings is 1. The second-order valence-electron chi connectivity index (χ2n) is 11.2. The zero-order valence-electron chi connectivity index (χ0n) is 24.3. The van der Waals surface area contributed by atoms with Crippen molar-refractivity contribution in [2.75, 3.05) is 49.4 Å². The highest BCUT2D eigenvalue weighted by molar-refractivity contribution is 6.33. The number of fused-ring (bicyclic) bond motifs is 1. The van der Waals surface area contributed by atoms with Crippen LogP contribution in [-0.2, 0) is 14.9 Å². The lowest BCUT2D eigenvalue weighted by molar-refractivity contribution is 0.0579. The molecule has 3 aromatic rings. The molecular weight excluding hydrogens is 546 g/mol. The zero-order valence-corrected chi connectivity index (χ0v) is 25.0. The van der Waals surface area contributed by atoms with Crippen LogP contribution in [0.25, 0.3) is 11.3 Å². The second kappa shape index (κ2) is 11.8. The highest BCUT2D eigenvalue weighted by atomic mass is 35.5. The molecule has 4 rings (SSSR count). The summed E-state index contributed by atoms with van der Waals surface area (Å²) in [5.74, 6) is 1.05. The quantitative estimate of drug-likeness (QED) is 0.310. The maximum absolute atomic E-state index is 13.0. The van der Waals surface area contributed by atoms with Gasteiger partial charge >= 0.3 is 6.09 Å². The van der Waals surface area contributed by atoms with Crippen LogP contribution in [0, 0.1) is 11.3 Å². The van der Waals surface area contributed by atoms with Gasteiger partial charge in [-0.15, -0.1) is 0 Å². The number of rotatable bonds is 8. The van der Waals surface area contributed by atoms with E-state index < -0.39 is 17.1 Å². The Balaban J connectivity index is 1.68. The average Bonchev–Trinajstić information content (AvgIpc) is 3.19. The lowest BCUT2D eigenvalue weighted by Gasteiger charge is -2.26. The molecule has 0 aliphatic carbocycles. The molecule has 1 aromatic carbocycles. The first-order valence-electron chi connectivity index (χ1n) is 13.0. The van der Waals surface area contributed by atoms with Crippen molar-refractivity contribution in [2.24, 2.45) is 0 Å². The van der Waals surface area contributed by atoms with Gasteiger partial charge in [-0.3, -0.25) is 4.90 Å². The number of nitrogens with one attached hydrogen (secondary N) is 2. The van der Waals surface area contributed by atoms with Crippen molar-refractivity contribution in [2.45, 2.75) is 45.6 Å². The van der Waals surface area contributed by atoms with Crippen LogP contribution in [0.4, 0.5) is 27.9 Å². The molecular formula is C29H34ClN7O4. The van der Waals surface area contributed by atoms with Gasteiger partial charge < -0.3 is 24.8 Å². The summed E-state index contributed by atoms with van der Waals surface area (Å²) < 4.78 is 16.2. The Morgan fingerprint density at radius 1 is 1.22 bits per heavy atom. The van der Waals surface area contributed by atoms with Crippen molar-refractivity contribution in [1.29, 1.82) is 5.26 Å². The molecule has 0 atom stereocenters. The summed E-state index contributed by atoms with van der Waals surface area (Å²) in [5, 5.41) is 16.7. The van der Waals surface area contributed by atoms with E-state index in [-0.39, 0.29) is 5.95 Å². The molecule has 0 spiro atoms. The van der Waals surface area contributed by atoms with Crippen molar-refractivity contribution in [3.8, 4) is 23.2 Å². The van der Waals surface area contributed by atoms with E-state index >= 15 is 0 Å². The molecule has 2 N–H and O–H groups in total. The SMILES string of the molecule is COCCNc1nc(OC)c(Nc2nccc(-c3cc(C#N)c4c(c3)C(C)(C)CN4C(=O)OC(C)(C)C)n2)cc1Cl. The molecule has 11 nitrogen and oxygen atoms in total. The Morgan fingerprint density at radius 2 is 1.98 bits per heavy atom. The van der Waals surface area contributed by atoms with E-state index in [1.165, 1.54) is 7.11 Å². The van der Waals surface area contributed by atoms with E-state index in [0.29, 0.717) is 64.6 Å². The van der Waals surface area contributed by atoms with Crippen LogP contribution in [0.5, 0.6) is 5.88 Å². The van der Waals surface area contributed by atoms with E-state index in [1.807, 2.05) is 40.7 Å². The number of methoxy groups -OCH3 is 2. The number of aromatic nitrogens is 3. The zero-order chi connectivity index (χ0) is 29.9. The van der Waals surface area contributed by atoms with Crippen LogP contribution in [0.3, 0.4) is 0 Å². The third-order valence-electron chi connectivity index (χ3n) is 6.33. The molecule has 216 valence electrons. The molecule has 2 aromatic heterocycles. The Kier molecular flexibility index (Phi) is 8.56. The normalized spacial score (nSPS) is 13.8. The Morgan fingerprint density at radius 3 is 2.63 bits per heavy atom. The Labute approximate surface area is 244 Å². The van der Waals surface area contributed by atoms with Crippen molar-refractivity contribution >= 4 is 40.8 Å². The third-order valence-corrected chi connectivity index (χ3v) is 6.62. The minimum Gasteiger partial charge on any atom is -0.479 e. The van der Waals surface area contributed by atoms with Crippen LogP contribution in [0.15, 0.2) is 30.5 Å². The van der Waals surface area contributed by atoms with Gasteiger partial charge in [0.2, 0.25) is 11.8 Å². The standard InChI is InChI=1S/C29H34ClN7O4/c1-28(2,3)41-27(38)37-16-29(4,5)19-13-17(12-18(15-31)23(19)37)21-8-9-33-26(34-21)35-22-14-20(30)24(32-10-11-39-6)36-25(22)40-7/h8-9,12-14H,10-11,16H2,1-7H3,(H,32,36)(H,33,34,35). The van der Waals surface area contributed by atoms with E-state index in [1.54, 1.807) is 36.4 Å². The summed E-state index contributed by atoms with van der Waals surface area (Å²) >= 11 is 6.44. The number of carbonyl (C=O) groups excluding carboxylic acids is 1. The van der Waals surface area contributed by atoms with Gasteiger partial charge in [0, 0.05) is 37.4 Å². The summed E-state index contributed by atoms with van der Waals surface area (Å²) in [4.78, 5) is 28.1. The van der Waals surface area contributed by atoms with E-state index in [2.05, 4.69) is 31.7 Å². The monoisotopic (exact) mass is 579 g/mol. The first kappa shape index (κ1) is 29.8. The molecule has 0 saturated carbocycles. The largest absolute Gasteiger partial charge is 0.479 e. The number of carbonyl (C=O) groups is 1. The van der Waals surface area contributed by atoms with E-state index in [4.69, 9.17) is 25.8 Å². The molecule has 0 saturated heterocycles. The number of amides is 1. The summed E-state index contributed by atoms with van der Waals surface area (Å²) in [5.41, 5.74) is 2.48. The molecule has 0 unspecified atom stereocenters. The predicted octanol–water partition coefficient (Wildman–Crippen LogP) is 5.91. The smallest absolute Gasteiger partial charge is 0.414 e. The number of anilines is 4. The fraction of sp³-hybridized carbons (Fsp3) is 0.414. The summed E-state index contributed by atoms with van der Waals surface area (Å²) in [6, 6.07) is 9.38. The van der Waals surface area contributed by atoms with Crippen LogP contribution in [0.2, 0.25) is 5.02 Å². The second-order valence-corrected chi connectivity index (χ2v) is 11.6. The van der Waals surface area contributed by atoms with Gasteiger partial charge in [-0.05, 0) is 50.6 Å². The fourth-order valence-corrected chi connectivity index (χ4v) is 4.74. The van der Waals surface area contributed by atoms with Crippen molar-refractivity contribution < 1.29 is 19.0 Å². The van der Waals surface area contributed by atoms with Gasteiger partial charge in [0.15, 0.2) is 0 Å². The summed E-state index contributed by atoms with van der Waals surface area (Å²) in [6.07, 6.45) is 1.13. The number of ether oxygens (including phenoxy) is 3. The van der Waals surface area contributed by atoms with Crippen LogP contribution in [0.1, 0.15) is 45.7 Å². The first-order valence-corrected chi connectivity index (χ1v) is 13.4. The number of nitrogens with zero attached hydrogens (tertiary/aromatic N) is 5. The van der Waals surface area contributed by atoms with Crippen molar-refractivity contribution in [3.63, 3.8) is 0 Å². The maximum Gasteiger partial charge on any atom is 0.414 e.